The molecule has 2 heterocycles. The van der Waals surface area contributed by atoms with Gasteiger partial charge in [-0.25, -0.2) is 13.2 Å². The van der Waals surface area contributed by atoms with Crippen LogP contribution in [0.2, 0.25) is 0 Å². The minimum absolute atomic E-state index is 0.0279. The predicted molar refractivity (Wildman–Crippen MR) is 110 cm³/mol. The van der Waals surface area contributed by atoms with Crippen molar-refractivity contribution in [3.05, 3.63) is 47.8 Å². The van der Waals surface area contributed by atoms with Gasteiger partial charge in [0.2, 0.25) is 5.91 Å². The molecule has 2 N–H and O–H groups in total. The smallest absolute Gasteiger partial charge is 0.324 e. The highest BCUT2D eigenvalue weighted by molar-refractivity contribution is 7.91. The summed E-state index contributed by atoms with van der Waals surface area (Å²) in [7, 11) is -3.46. The molecule has 4 rings (SSSR count). The lowest BCUT2D eigenvalue weighted by atomic mass is 10.2. The number of ether oxygens (including phenoxy) is 1. The first-order chi connectivity index (χ1) is 14.4. The Balaban J connectivity index is 1.35. The minimum atomic E-state index is -3.46. The Labute approximate surface area is 175 Å². The lowest BCUT2D eigenvalue weighted by Crippen LogP contribution is -2.27. The number of nitrogens with one attached hydrogen (secondary N) is 2. The second-order valence-electron chi connectivity index (χ2n) is 7.81. The molecule has 1 aromatic carbocycles. The summed E-state index contributed by atoms with van der Waals surface area (Å²) in [6.45, 7) is 0.297. The summed E-state index contributed by atoms with van der Waals surface area (Å²) >= 11 is 0. The van der Waals surface area contributed by atoms with Crippen molar-refractivity contribution >= 4 is 21.8 Å². The first-order valence-corrected chi connectivity index (χ1v) is 11.8. The molecule has 0 spiro atoms. The van der Waals surface area contributed by atoms with Crippen LogP contribution in [0.25, 0.3) is 0 Å². The highest BCUT2D eigenvalue weighted by Crippen LogP contribution is 2.26. The van der Waals surface area contributed by atoms with Crippen molar-refractivity contribution in [3.8, 4) is 5.75 Å². The number of aryl methyl sites for hydroxylation is 1. The van der Waals surface area contributed by atoms with Gasteiger partial charge in [0.1, 0.15) is 12.3 Å². The molecule has 0 atom stereocenters. The highest BCUT2D eigenvalue weighted by Gasteiger charge is 2.27. The van der Waals surface area contributed by atoms with Gasteiger partial charge < -0.3 is 14.6 Å². The summed E-state index contributed by atoms with van der Waals surface area (Å²) < 4.78 is 31.5. The predicted octanol–water partition coefficient (Wildman–Crippen LogP) is 2.40. The van der Waals surface area contributed by atoms with E-state index in [4.69, 9.17) is 4.74 Å². The molecule has 1 aliphatic heterocycles. The molecule has 2 fully saturated rings. The van der Waals surface area contributed by atoms with E-state index in [-0.39, 0.29) is 35.7 Å². The van der Waals surface area contributed by atoms with Crippen molar-refractivity contribution < 1.29 is 22.7 Å². The van der Waals surface area contributed by atoms with Crippen LogP contribution in [0.15, 0.2) is 41.4 Å². The Morgan fingerprint density at radius 2 is 1.93 bits per heavy atom. The number of sulfone groups is 1. The van der Waals surface area contributed by atoms with Gasteiger partial charge in [-0.05, 0) is 61.9 Å². The number of benzene rings is 1. The highest BCUT2D eigenvalue weighted by atomic mass is 32.2. The fourth-order valence-corrected chi connectivity index (χ4v) is 5.18. The van der Waals surface area contributed by atoms with Gasteiger partial charge in [0, 0.05) is 11.9 Å². The normalized spacial score (nSPS) is 17.5. The summed E-state index contributed by atoms with van der Waals surface area (Å²) in [5, 5.41) is 2.23. The lowest BCUT2D eigenvalue weighted by Gasteiger charge is -2.14. The SMILES string of the molecule is O=C1CN(Cc2cc(CCS(=O)(=O)c3cccc(OC4CCCC4)c3)c[nH]2)C(=O)N1. The first-order valence-electron chi connectivity index (χ1n) is 10.1. The summed E-state index contributed by atoms with van der Waals surface area (Å²) in [5.74, 6) is 0.252. The maximum Gasteiger partial charge on any atom is 0.324 e. The zero-order valence-corrected chi connectivity index (χ0v) is 17.4. The molecular weight excluding hydrogens is 406 g/mol. The number of nitrogens with zero attached hydrogens (tertiary/aromatic N) is 1. The molecule has 1 aliphatic carbocycles. The molecule has 160 valence electrons. The van der Waals surface area contributed by atoms with Gasteiger partial charge in [-0.2, -0.15) is 0 Å². The molecule has 8 nitrogen and oxygen atoms in total. The third-order valence-electron chi connectivity index (χ3n) is 5.46. The van der Waals surface area contributed by atoms with Crippen LogP contribution in [0.5, 0.6) is 5.75 Å². The van der Waals surface area contributed by atoms with Crippen LogP contribution in [0.1, 0.15) is 36.9 Å². The second-order valence-corrected chi connectivity index (χ2v) is 9.92. The maximum absolute atomic E-state index is 12.8. The van der Waals surface area contributed by atoms with Gasteiger partial charge in [0.05, 0.1) is 23.3 Å². The molecule has 30 heavy (non-hydrogen) atoms. The van der Waals surface area contributed by atoms with Gasteiger partial charge in [-0.1, -0.05) is 6.07 Å². The van der Waals surface area contributed by atoms with E-state index >= 15 is 0 Å². The van der Waals surface area contributed by atoms with Crippen molar-refractivity contribution in [1.29, 1.82) is 0 Å². The van der Waals surface area contributed by atoms with E-state index in [2.05, 4.69) is 10.3 Å². The number of aromatic amines is 1. The van der Waals surface area contributed by atoms with Gasteiger partial charge in [0.15, 0.2) is 9.84 Å². The van der Waals surface area contributed by atoms with E-state index < -0.39 is 15.9 Å². The number of carbonyl (C=O) groups is 2. The molecule has 3 amide bonds. The minimum Gasteiger partial charge on any atom is -0.490 e. The number of amides is 3. The second kappa shape index (κ2) is 8.51. The van der Waals surface area contributed by atoms with E-state index in [1.165, 1.54) is 4.90 Å². The Bertz CT molecular complexity index is 1040. The Morgan fingerprint density at radius 3 is 2.67 bits per heavy atom. The number of aromatic nitrogens is 1. The fraction of sp³-hybridized carbons (Fsp3) is 0.429. The molecular formula is C21H25N3O5S. The molecule has 1 aromatic heterocycles. The monoisotopic (exact) mass is 431 g/mol. The van der Waals surface area contributed by atoms with E-state index in [1.807, 2.05) is 6.07 Å². The van der Waals surface area contributed by atoms with E-state index in [0.717, 1.165) is 36.9 Å². The van der Waals surface area contributed by atoms with Gasteiger partial charge >= 0.3 is 6.03 Å². The largest absolute Gasteiger partial charge is 0.490 e. The Morgan fingerprint density at radius 1 is 1.13 bits per heavy atom. The number of carbonyl (C=O) groups excluding carboxylic acids is 2. The average Bonchev–Trinajstić information content (AvgIpc) is 3.44. The third-order valence-corrected chi connectivity index (χ3v) is 7.17. The van der Waals surface area contributed by atoms with E-state index in [0.29, 0.717) is 12.2 Å². The molecule has 0 bridgehead atoms. The summed E-state index contributed by atoms with van der Waals surface area (Å²) in [6, 6.07) is 8.13. The van der Waals surface area contributed by atoms with E-state index in [9.17, 15) is 18.0 Å². The lowest BCUT2D eigenvalue weighted by molar-refractivity contribution is -0.118. The molecule has 0 unspecified atom stereocenters. The van der Waals surface area contributed by atoms with Crippen molar-refractivity contribution in [2.45, 2.75) is 49.6 Å². The van der Waals surface area contributed by atoms with Crippen molar-refractivity contribution in [2.24, 2.45) is 0 Å². The van der Waals surface area contributed by atoms with E-state index in [1.54, 1.807) is 30.5 Å². The zero-order valence-electron chi connectivity index (χ0n) is 16.6. The quantitative estimate of drug-likeness (QED) is 0.624. The zero-order chi connectivity index (χ0) is 21.1. The Hall–Kier alpha value is -2.81. The van der Waals surface area contributed by atoms with Gasteiger partial charge in [-0.15, -0.1) is 0 Å². The van der Waals surface area contributed by atoms with Crippen LogP contribution in [0.4, 0.5) is 4.79 Å². The third kappa shape index (κ3) is 4.84. The van der Waals surface area contributed by atoms with Crippen LogP contribution < -0.4 is 10.1 Å². The molecule has 2 aromatic rings. The number of H-pyrrole nitrogens is 1. The summed E-state index contributed by atoms with van der Waals surface area (Å²) in [5.41, 5.74) is 1.58. The molecule has 1 saturated carbocycles. The van der Waals surface area contributed by atoms with Crippen LogP contribution >= 0.6 is 0 Å². The number of hydrogen-bond acceptors (Lipinski definition) is 5. The molecule has 1 saturated heterocycles. The first kappa shape index (κ1) is 20.5. The standard InChI is InChI=1S/C21H25N3O5S/c25-20-14-24(21(26)23-20)13-16-10-15(12-22-16)8-9-30(27,28)19-7-3-6-18(11-19)29-17-4-1-2-5-17/h3,6-7,10-12,17,22H,1-2,4-5,8-9,13-14H2,(H,23,25,26). The molecule has 0 radical (unpaired) electrons. The average molecular weight is 432 g/mol. The summed E-state index contributed by atoms with van der Waals surface area (Å²) in [6.07, 6.45) is 6.59. The Kier molecular flexibility index (Phi) is 5.80. The summed E-state index contributed by atoms with van der Waals surface area (Å²) in [4.78, 5) is 27.6. The van der Waals surface area contributed by atoms with Crippen LogP contribution in [0.3, 0.4) is 0 Å². The molecule has 2 aliphatic rings. The topological polar surface area (TPSA) is 109 Å². The van der Waals surface area contributed by atoms with Crippen LogP contribution in [0, 0.1) is 0 Å². The number of urea groups is 1. The fourth-order valence-electron chi connectivity index (χ4n) is 3.85. The van der Waals surface area contributed by atoms with Crippen molar-refractivity contribution in [3.63, 3.8) is 0 Å². The number of hydrogen-bond donors (Lipinski definition) is 2. The van der Waals surface area contributed by atoms with Crippen LogP contribution in [-0.4, -0.2) is 48.6 Å². The van der Waals surface area contributed by atoms with Crippen molar-refractivity contribution in [2.75, 3.05) is 12.3 Å². The number of imide groups is 1. The van der Waals surface area contributed by atoms with Crippen LogP contribution in [-0.2, 0) is 27.6 Å². The van der Waals surface area contributed by atoms with Crippen molar-refractivity contribution in [1.82, 2.24) is 15.2 Å². The maximum atomic E-state index is 12.8. The molecule has 9 heteroatoms. The number of rotatable bonds is 8. The van der Waals surface area contributed by atoms with Gasteiger partial charge in [-0.3, -0.25) is 10.1 Å². The van der Waals surface area contributed by atoms with Gasteiger partial charge in [0.25, 0.3) is 0 Å².